The van der Waals surface area contributed by atoms with E-state index in [1.54, 1.807) is 12.1 Å². The molecule has 27 heavy (non-hydrogen) atoms. The summed E-state index contributed by atoms with van der Waals surface area (Å²) in [5.41, 5.74) is -0.496. The lowest BCUT2D eigenvalue weighted by Crippen LogP contribution is -2.46. The molecule has 0 radical (unpaired) electrons. The molecule has 4 rings (SSSR count). The van der Waals surface area contributed by atoms with Crippen molar-refractivity contribution >= 4 is 5.82 Å². The van der Waals surface area contributed by atoms with Crippen molar-refractivity contribution in [3.8, 4) is 11.4 Å². The van der Waals surface area contributed by atoms with E-state index in [9.17, 15) is 13.2 Å². The second-order valence-electron chi connectivity index (χ2n) is 6.80. The Hall–Kier alpha value is -2.26. The molecule has 1 N–H and O–H groups in total. The van der Waals surface area contributed by atoms with E-state index in [1.807, 2.05) is 0 Å². The second-order valence-corrected chi connectivity index (χ2v) is 6.80. The van der Waals surface area contributed by atoms with Crippen LogP contribution in [0.4, 0.5) is 19.0 Å². The summed E-state index contributed by atoms with van der Waals surface area (Å²) in [7, 11) is 0. The molecule has 1 atom stereocenters. The number of nitrogens with one attached hydrogen (secondary N) is 1. The SMILES string of the molecule is FC(F)(F)c1cc(NCC2CN(C3CC3)CCO2)nc(-c2ccncc2)n1. The normalized spacial score (nSPS) is 21.2. The number of rotatable bonds is 5. The Morgan fingerprint density at radius 3 is 2.67 bits per heavy atom. The van der Waals surface area contributed by atoms with Gasteiger partial charge < -0.3 is 10.1 Å². The molecule has 6 nitrogen and oxygen atoms in total. The minimum absolute atomic E-state index is 0.0129. The Morgan fingerprint density at radius 1 is 1.19 bits per heavy atom. The second kappa shape index (κ2) is 7.40. The number of hydrogen-bond donors (Lipinski definition) is 1. The lowest BCUT2D eigenvalue weighted by Gasteiger charge is -2.33. The van der Waals surface area contributed by atoms with Gasteiger partial charge >= 0.3 is 6.18 Å². The molecule has 1 saturated carbocycles. The third kappa shape index (κ3) is 4.54. The van der Waals surface area contributed by atoms with Gasteiger partial charge in [0.05, 0.1) is 12.7 Å². The number of anilines is 1. The molecule has 9 heteroatoms. The molecule has 0 spiro atoms. The summed E-state index contributed by atoms with van der Waals surface area (Å²) in [6.45, 7) is 2.74. The van der Waals surface area contributed by atoms with Gasteiger partial charge in [0, 0.05) is 49.7 Å². The Morgan fingerprint density at radius 2 is 1.96 bits per heavy atom. The number of aromatic nitrogens is 3. The van der Waals surface area contributed by atoms with Gasteiger partial charge in [0.2, 0.25) is 0 Å². The molecule has 3 heterocycles. The number of nitrogens with zero attached hydrogens (tertiary/aromatic N) is 4. The Balaban J connectivity index is 1.51. The van der Waals surface area contributed by atoms with Crippen molar-refractivity contribution < 1.29 is 17.9 Å². The third-order valence-corrected chi connectivity index (χ3v) is 4.70. The molecule has 2 aromatic heterocycles. The van der Waals surface area contributed by atoms with Crippen molar-refractivity contribution in [3.63, 3.8) is 0 Å². The zero-order chi connectivity index (χ0) is 18.9. The van der Waals surface area contributed by atoms with Crippen molar-refractivity contribution in [1.82, 2.24) is 19.9 Å². The first kappa shape index (κ1) is 18.1. The molecule has 0 aromatic carbocycles. The van der Waals surface area contributed by atoms with Crippen molar-refractivity contribution in [2.75, 3.05) is 31.6 Å². The molecule has 144 valence electrons. The topological polar surface area (TPSA) is 63.2 Å². The predicted molar refractivity (Wildman–Crippen MR) is 93.1 cm³/mol. The molecule has 1 aliphatic heterocycles. The number of hydrogen-bond acceptors (Lipinski definition) is 6. The van der Waals surface area contributed by atoms with Crippen LogP contribution in [0.25, 0.3) is 11.4 Å². The quantitative estimate of drug-likeness (QED) is 0.862. The first-order valence-electron chi connectivity index (χ1n) is 8.95. The number of morpholine rings is 1. The highest BCUT2D eigenvalue weighted by molar-refractivity contribution is 5.57. The van der Waals surface area contributed by atoms with E-state index in [1.165, 1.54) is 25.2 Å². The number of halogens is 3. The fraction of sp³-hybridized carbons (Fsp3) is 0.500. The van der Waals surface area contributed by atoms with Crippen LogP contribution in [0, 0.1) is 0 Å². The molecule has 1 saturated heterocycles. The van der Waals surface area contributed by atoms with Gasteiger partial charge in [-0.15, -0.1) is 0 Å². The monoisotopic (exact) mass is 379 g/mol. The first-order chi connectivity index (χ1) is 13.0. The molecule has 2 aromatic rings. The van der Waals surface area contributed by atoms with Gasteiger partial charge in [0.1, 0.15) is 5.82 Å². The summed E-state index contributed by atoms with van der Waals surface area (Å²) in [6, 6.07) is 4.74. The number of ether oxygens (including phenoxy) is 1. The van der Waals surface area contributed by atoms with Gasteiger partial charge in [0.25, 0.3) is 0 Å². The lowest BCUT2D eigenvalue weighted by molar-refractivity contribution is -0.141. The van der Waals surface area contributed by atoms with E-state index >= 15 is 0 Å². The van der Waals surface area contributed by atoms with Gasteiger partial charge in [-0.05, 0) is 25.0 Å². The lowest BCUT2D eigenvalue weighted by atomic mass is 10.2. The van der Waals surface area contributed by atoms with E-state index in [4.69, 9.17) is 4.74 Å². The minimum Gasteiger partial charge on any atom is -0.374 e. The molecule has 1 aliphatic carbocycles. The fourth-order valence-electron chi connectivity index (χ4n) is 3.17. The fourth-order valence-corrected chi connectivity index (χ4v) is 3.17. The van der Waals surface area contributed by atoms with Crippen LogP contribution < -0.4 is 5.32 Å². The zero-order valence-corrected chi connectivity index (χ0v) is 14.6. The van der Waals surface area contributed by atoms with E-state index in [0.717, 1.165) is 19.2 Å². The summed E-state index contributed by atoms with van der Waals surface area (Å²) in [6.07, 6.45) is 0.800. The van der Waals surface area contributed by atoms with Crippen molar-refractivity contribution in [3.05, 3.63) is 36.3 Å². The highest BCUT2D eigenvalue weighted by atomic mass is 19.4. The van der Waals surface area contributed by atoms with Crippen LogP contribution in [0.2, 0.25) is 0 Å². The minimum atomic E-state index is -4.55. The van der Waals surface area contributed by atoms with E-state index in [-0.39, 0.29) is 17.7 Å². The summed E-state index contributed by atoms with van der Waals surface area (Å²) in [5.74, 6) is 0.148. The highest BCUT2D eigenvalue weighted by Crippen LogP contribution is 2.31. The largest absolute Gasteiger partial charge is 0.433 e. The van der Waals surface area contributed by atoms with Crippen molar-refractivity contribution in [1.29, 1.82) is 0 Å². The molecule has 0 bridgehead atoms. The van der Waals surface area contributed by atoms with Crippen LogP contribution in [0.5, 0.6) is 0 Å². The van der Waals surface area contributed by atoms with Gasteiger partial charge in [-0.25, -0.2) is 9.97 Å². The average Bonchev–Trinajstić information content (AvgIpc) is 3.52. The highest BCUT2D eigenvalue weighted by Gasteiger charge is 2.35. The van der Waals surface area contributed by atoms with Gasteiger partial charge in [-0.1, -0.05) is 0 Å². The van der Waals surface area contributed by atoms with Crippen LogP contribution >= 0.6 is 0 Å². The maximum Gasteiger partial charge on any atom is 0.433 e. The molecule has 0 amide bonds. The van der Waals surface area contributed by atoms with E-state index in [2.05, 4.69) is 25.2 Å². The van der Waals surface area contributed by atoms with Gasteiger partial charge in [-0.2, -0.15) is 13.2 Å². The summed E-state index contributed by atoms with van der Waals surface area (Å²) in [4.78, 5) is 14.2. The third-order valence-electron chi connectivity index (χ3n) is 4.70. The summed E-state index contributed by atoms with van der Waals surface area (Å²) in [5, 5.41) is 3.00. The standard InChI is InChI=1S/C18H20F3N5O/c19-18(20,21)15-9-16(25-17(24-15)12-3-5-22-6-4-12)23-10-14-11-26(7-8-27-14)13-1-2-13/h3-6,9,13-14H,1-2,7-8,10-11H2,(H,23,24,25). The van der Waals surface area contributed by atoms with Crippen molar-refractivity contribution in [2.24, 2.45) is 0 Å². The maximum absolute atomic E-state index is 13.2. The summed E-state index contributed by atoms with van der Waals surface area (Å²) < 4.78 is 45.5. The van der Waals surface area contributed by atoms with Crippen molar-refractivity contribution in [2.45, 2.75) is 31.2 Å². The predicted octanol–water partition coefficient (Wildman–Crippen LogP) is 2.83. The van der Waals surface area contributed by atoms with Crippen LogP contribution in [-0.2, 0) is 10.9 Å². The molecule has 2 fully saturated rings. The molecule has 1 unspecified atom stereocenters. The number of alkyl halides is 3. The molecular formula is C18H20F3N5O. The first-order valence-corrected chi connectivity index (χ1v) is 8.95. The van der Waals surface area contributed by atoms with Gasteiger partial charge in [-0.3, -0.25) is 9.88 Å². The van der Waals surface area contributed by atoms with Crippen LogP contribution in [0.3, 0.4) is 0 Å². The Kier molecular flexibility index (Phi) is 4.96. The smallest absolute Gasteiger partial charge is 0.374 e. The maximum atomic E-state index is 13.2. The molecule has 2 aliphatic rings. The van der Waals surface area contributed by atoms with Gasteiger partial charge in [0.15, 0.2) is 11.5 Å². The van der Waals surface area contributed by atoms with E-state index < -0.39 is 11.9 Å². The average molecular weight is 379 g/mol. The Bertz CT molecular complexity index is 782. The molecular weight excluding hydrogens is 359 g/mol. The zero-order valence-electron chi connectivity index (χ0n) is 14.6. The summed E-state index contributed by atoms with van der Waals surface area (Å²) >= 11 is 0. The number of pyridine rings is 1. The van der Waals surface area contributed by atoms with Crippen LogP contribution in [-0.4, -0.2) is 58.2 Å². The van der Waals surface area contributed by atoms with E-state index in [0.29, 0.717) is 24.8 Å². The Labute approximate surface area is 154 Å². The van der Waals surface area contributed by atoms with Crippen LogP contribution in [0.15, 0.2) is 30.6 Å². The van der Waals surface area contributed by atoms with Crippen LogP contribution in [0.1, 0.15) is 18.5 Å².